The van der Waals surface area contributed by atoms with Gasteiger partial charge in [-0.1, -0.05) is 18.2 Å². The molecule has 3 heteroatoms. The quantitative estimate of drug-likeness (QED) is 0.795. The van der Waals surface area contributed by atoms with Gasteiger partial charge in [0.15, 0.2) is 6.29 Å². The smallest absolute Gasteiger partial charge is 0.158 e. The third-order valence-corrected chi connectivity index (χ3v) is 2.33. The molecule has 0 saturated carbocycles. The van der Waals surface area contributed by atoms with Crippen molar-refractivity contribution in [3.63, 3.8) is 0 Å². The molecule has 3 nitrogen and oxygen atoms in total. The van der Waals surface area contributed by atoms with Crippen molar-refractivity contribution in [2.24, 2.45) is 0 Å². The summed E-state index contributed by atoms with van der Waals surface area (Å²) in [4.78, 5) is 0. The summed E-state index contributed by atoms with van der Waals surface area (Å²) in [5.74, 6) is 0.352. The van der Waals surface area contributed by atoms with E-state index in [-0.39, 0.29) is 6.29 Å². The molecule has 2 rings (SSSR count). The van der Waals surface area contributed by atoms with E-state index < -0.39 is 0 Å². The van der Waals surface area contributed by atoms with Crippen molar-refractivity contribution in [2.75, 3.05) is 13.2 Å². The number of hydrogen-bond donors (Lipinski definition) is 1. The van der Waals surface area contributed by atoms with Gasteiger partial charge in [-0.05, 0) is 18.1 Å². The highest BCUT2D eigenvalue weighted by Gasteiger charge is 2.15. The highest BCUT2D eigenvalue weighted by Crippen LogP contribution is 2.19. The maximum atomic E-state index is 9.50. The first kappa shape index (κ1) is 9.49. The normalized spacial score (nSPS) is 17.4. The Morgan fingerprint density at radius 3 is 2.64 bits per heavy atom. The van der Waals surface area contributed by atoms with E-state index in [1.54, 1.807) is 6.07 Å². The van der Waals surface area contributed by atoms with Crippen LogP contribution in [0.5, 0.6) is 5.75 Å². The zero-order chi connectivity index (χ0) is 9.80. The number of benzene rings is 1. The van der Waals surface area contributed by atoms with Gasteiger partial charge in [-0.25, -0.2) is 0 Å². The van der Waals surface area contributed by atoms with Crippen LogP contribution in [-0.4, -0.2) is 24.6 Å². The summed E-state index contributed by atoms with van der Waals surface area (Å²) < 4.78 is 10.6. The Kier molecular flexibility index (Phi) is 3.01. The first-order valence-electron chi connectivity index (χ1n) is 4.86. The van der Waals surface area contributed by atoms with Crippen LogP contribution in [0.1, 0.15) is 12.0 Å². The number of ether oxygens (including phenoxy) is 2. The number of phenols is 1. The lowest BCUT2D eigenvalue weighted by Crippen LogP contribution is -2.08. The average Bonchev–Trinajstić information content (AvgIpc) is 2.69. The minimum absolute atomic E-state index is 0.0883. The van der Waals surface area contributed by atoms with Crippen molar-refractivity contribution in [1.82, 2.24) is 0 Å². The van der Waals surface area contributed by atoms with Crippen LogP contribution in [0, 0.1) is 0 Å². The molecule has 0 radical (unpaired) electrons. The van der Waals surface area contributed by atoms with E-state index in [9.17, 15) is 5.11 Å². The van der Waals surface area contributed by atoms with Crippen LogP contribution in [0.2, 0.25) is 0 Å². The van der Waals surface area contributed by atoms with Gasteiger partial charge in [-0.2, -0.15) is 0 Å². The molecule has 1 N–H and O–H groups in total. The molecular formula is C11H14O3. The molecule has 0 bridgehead atoms. The molecule has 1 aromatic rings. The number of para-hydroxylation sites is 1. The molecule has 0 atom stereocenters. The van der Waals surface area contributed by atoms with Crippen molar-refractivity contribution in [3.05, 3.63) is 29.8 Å². The van der Waals surface area contributed by atoms with Crippen LogP contribution in [0.4, 0.5) is 0 Å². The minimum Gasteiger partial charge on any atom is -0.508 e. The van der Waals surface area contributed by atoms with E-state index in [4.69, 9.17) is 9.47 Å². The Balaban J connectivity index is 1.88. The number of hydrogen-bond acceptors (Lipinski definition) is 3. The van der Waals surface area contributed by atoms with Gasteiger partial charge >= 0.3 is 0 Å². The number of aromatic hydroxyl groups is 1. The van der Waals surface area contributed by atoms with Gasteiger partial charge in [0, 0.05) is 6.42 Å². The zero-order valence-electron chi connectivity index (χ0n) is 7.98. The molecule has 76 valence electrons. The van der Waals surface area contributed by atoms with E-state index in [1.165, 1.54) is 0 Å². The molecule has 0 spiro atoms. The SMILES string of the molecule is Oc1ccccc1CCC1OCCO1. The fraction of sp³-hybridized carbons (Fsp3) is 0.455. The van der Waals surface area contributed by atoms with Gasteiger partial charge in [0.25, 0.3) is 0 Å². The lowest BCUT2D eigenvalue weighted by Gasteiger charge is -2.09. The fourth-order valence-corrected chi connectivity index (χ4v) is 1.57. The maximum absolute atomic E-state index is 9.50. The fourth-order valence-electron chi connectivity index (χ4n) is 1.57. The third kappa shape index (κ3) is 2.25. The van der Waals surface area contributed by atoms with E-state index in [0.29, 0.717) is 19.0 Å². The maximum Gasteiger partial charge on any atom is 0.158 e. The van der Waals surface area contributed by atoms with Crippen LogP contribution in [-0.2, 0) is 15.9 Å². The van der Waals surface area contributed by atoms with Gasteiger partial charge < -0.3 is 14.6 Å². The van der Waals surface area contributed by atoms with Crippen LogP contribution in [0.15, 0.2) is 24.3 Å². The topological polar surface area (TPSA) is 38.7 Å². The summed E-state index contributed by atoms with van der Waals surface area (Å²) in [6.45, 7) is 1.37. The second-order valence-corrected chi connectivity index (χ2v) is 3.34. The Bertz CT molecular complexity index is 292. The van der Waals surface area contributed by atoms with E-state index >= 15 is 0 Å². The second kappa shape index (κ2) is 4.44. The monoisotopic (exact) mass is 194 g/mol. The van der Waals surface area contributed by atoms with E-state index in [2.05, 4.69) is 0 Å². The van der Waals surface area contributed by atoms with Gasteiger partial charge in [-0.15, -0.1) is 0 Å². The Morgan fingerprint density at radius 1 is 1.21 bits per heavy atom. The standard InChI is InChI=1S/C11H14O3/c12-10-4-2-1-3-9(10)5-6-11-13-7-8-14-11/h1-4,11-12H,5-8H2. The first-order chi connectivity index (χ1) is 6.86. The van der Waals surface area contributed by atoms with Gasteiger partial charge in [0.1, 0.15) is 5.75 Å². The summed E-state index contributed by atoms with van der Waals surface area (Å²) in [7, 11) is 0. The highest BCUT2D eigenvalue weighted by molar-refractivity contribution is 5.31. The lowest BCUT2D eigenvalue weighted by molar-refractivity contribution is -0.0462. The molecule has 0 aliphatic carbocycles. The zero-order valence-corrected chi connectivity index (χ0v) is 7.98. The van der Waals surface area contributed by atoms with Crippen molar-refractivity contribution in [1.29, 1.82) is 0 Å². The van der Waals surface area contributed by atoms with Gasteiger partial charge in [0.05, 0.1) is 13.2 Å². The lowest BCUT2D eigenvalue weighted by atomic mass is 10.1. The first-order valence-corrected chi connectivity index (χ1v) is 4.86. The summed E-state index contributed by atoms with van der Waals surface area (Å²) in [5, 5.41) is 9.50. The summed E-state index contributed by atoms with van der Waals surface area (Å²) >= 11 is 0. The van der Waals surface area contributed by atoms with Crippen molar-refractivity contribution in [2.45, 2.75) is 19.1 Å². The molecule has 0 amide bonds. The van der Waals surface area contributed by atoms with E-state index in [1.807, 2.05) is 18.2 Å². The average molecular weight is 194 g/mol. The van der Waals surface area contributed by atoms with Gasteiger partial charge in [-0.3, -0.25) is 0 Å². The summed E-state index contributed by atoms with van der Waals surface area (Å²) in [5.41, 5.74) is 0.951. The molecule has 14 heavy (non-hydrogen) atoms. The number of aryl methyl sites for hydroxylation is 1. The Labute approximate surface area is 83.3 Å². The van der Waals surface area contributed by atoms with Crippen molar-refractivity contribution >= 4 is 0 Å². The molecule has 1 saturated heterocycles. The Morgan fingerprint density at radius 2 is 1.93 bits per heavy atom. The molecular weight excluding hydrogens is 180 g/mol. The van der Waals surface area contributed by atoms with Crippen molar-refractivity contribution < 1.29 is 14.6 Å². The number of phenolic OH excluding ortho intramolecular Hbond substituents is 1. The molecule has 0 aromatic heterocycles. The molecule has 1 aromatic carbocycles. The van der Waals surface area contributed by atoms with Crippen molar-refractivity contribution in [3.8, 4) is 5.75 Å². The van der Waals surface area contributed by atoms with Gasteiger partial charge in [0.2, 0.25) is 0 Å². The molecule has 1 aliphatic heterocycles. The molecule has 1 aliphatic rings. The summed E-state index contributed by atoms with van der Waals surface area (Å²) in [6, 6.07) is 7.36. The predicted octanol–water partition coefficient (Wildman–Crippen LogP) is 1.70. The molecule has 0 unspecified atom stereocenters. The molecule has 1 heterocycles. The minimum atomic E-state index is -0.0883. The molecule has 1 fully saturated rings. The van der Waals surface area contributed by atoms with Crippen LogP contribution in [0.25, 0.3) is 0 Å². The number of rotatable bonds is 3. The predicted molar refractivity (Wildman–Crippen MR) is 52.1 cm³/mol. The Hall–Kier alpha value is -1.06. The third-order valence-electron chi connectivity index (χ3n) is 2.33. The summed E-state index contributed by atoms with van der Waals surface area (Å²) in [6.07, 6.45) is 1.50. The van der Waals surface area contributed by atoms with E-state index in [0.717, 1.165) is 18.4 Å². The second-order valence-electron chi connectivity index (χ2n) is 3.34. The van der Waals surface area contributed by atoms with Crippen LogP contribution in [0.3, 0.4) is 0 Å². The van der Waals surface area contributed by atoms with Crippen LogP contribution >= 0.6 is 0 Å². The largest absolute Gasteiger partial charge is 0.508 e. The highest BCUT2D eigenvalue weighted by atomic mass is 16.7. The van der Waals surface area contributed by atoms with Crippen LogP contribution < -0.4 is 0 Å².